The van der Waals surface area contributed by atoms with Crippen molar-refractivity contribution in [3.05, 3.63) is 0 Å². The van der Waals surface area contributed by atoms with E-state index in [9.17, 15) is 4.79 Å². The lowest BCUT2D eigenvalue weighted by Crippen LogP contribution is -2.42. The van der Waals surface area contributed by atoms with E-state index < -0.39 is 8.32 Å². The van der Waals surface area contributed by atoms with Crippen LogP contribution in [0.2, 0.25) is 18.1 Å². The fraction of sp³-hybridized carbons (Fsp3) is 0.909. The molecule has 0 fully saturated rings. The molecule has 1 atom stereocenters. The van der Waals surface area contributed by atoms with Gasteiger partial charge in [-0.05, 0) is 25.1 Å². The molecule has 1 unspecified atom stereocenters. The SMILES string of the molecule is COC(=O)C(C)CO[Si](C)(C)C(C)(C)C. The third-order valence-corrected chi connectivity index (χ3v) is 7.60. The molecule has 0 spiro atoms. The van der Waals surface area contributed by atoms with Gasteiger partial charge >= 0.3 is 5.97 Å². The van der Waals surface area contributed by atoms with Gasteiger partial charge in [0.2, 0.25) is 0 Å². The lowest BCUT2D eigenvalue weighted by molar-refractivity contribution is -0.145. The van der Waals surface area contributed by atoms with Gasteiger partial charge in [-0.1, -0.05) is 20.8 Å². The number of carbonyl (C=O) groups excluding carboxylic acids is 1. The van der Waals surface area contributed by atoms with Crippen LogP contribution >= 0.6 is 0 Å². The Hall–Kier alpha value is -0.353. The summed E-state index contributed by atoms with van der Waals surface area (Å²) in [5, 5.41) is 0.183. The van der Waals surface area contributed by atoms with Crippen LogP contribution in [0.4, 0.5) is 0 Å². The molecule has 0 amide bonds. The van der Waals surface area contributed by atoms with Crippen molar-refractivity contribution >= 4 is 14.3 Å². The van der Waals surface area contributed by atoms with Crippen LogP contribution in [0.1, 0.15) is 27.7 Å². The van der Waals surface area contributed by atoms with Gasteiger partial charge in [0.15, 0.2) is 8.32 Å². The minimum Gasteiger partial charge on any atom is -0.469 e. The van der Waals surface area contributed by atoms with E-state index in [-0.39, 0.29) is 16.9 Å². The molecule has 90 valence electrons. The Labute approximate surface area is 94.3 Å². The van der Waals surface area contributed by atoms with Crippen LogP contribution < -0.4 is 0 Å². The molecule has 0 aliphatic heterocycles. The van der Waals surface area contributed by atoms with Crippen molar-refractivity contribution in [3.8, 4) is 0 Å². The number of ether oxygens (including phenoxy) is 1. The monoisotopic (exact) mass is 232 g/mol. The van der Waals surface area contributed by atoms with E-state index in [1.54, 1.807) is 0 Å². The van der Waals surface area contributed by atoms with Crippen molar-refractivity contribution in [2.24, 2.45) is 5.92 Å². The van der Waals surface area contributed by atoms with Gasteiger partial charge in [0.05, 0.1) is 13.0 Å². The predicted octanol–water partition coefficient (Wildman–Crippen LogP) is 2.82. The molecule has 0 aromatic heterocycles. The summed E-state index contributed by atoms with van der Waals surface area (Å²) < 4.78 is 10.6. The van der Waals surface area contributed by atoms with Crippen LogP contribution in [0.15, 0.2) is 0 Å². The summed E-state index contributed by atoms with van der Waals surface area (Å²) in [6.07, 6.45) is 0. The van der Waals surface area contributed by atoms with Gasteiger partial charge in [0, 0.05) is 6.61 Å². The molecule has 0 aliphatic carbocycles. The first-order chi connectivity index (χ1) is 6.62. The maximum Gasteiger partial charge on any atom is 0.310 e. The second-order valence-electron chi connectivity index (χ2n) is 5.50. The third-order valence-electron chi connectivity index (χ3n) is 3.10. The van der Waals surface area contributed by atoms with E-state index in [0.717, 1.165) is 0 Å². The standard InChI is InChI=1S/C11H24O3Si/c1-9(10(12)13-5)8-14-15(6,7)11(2,3)4/h9H,8H2,1-7H3. The Bertz CT molecular complexity index is 218. The highest BCUT2D eigenvalue weighted by molar-refractivity contribution is 6.74. The maximum atomic E-state index is 11.2. The molecule has 0 radical (unpaired) electrons. The van der Waals surface area contributed by atoms with E-state index in [2.05, 4.69) is 38.6 Å². The molecule has 3 nitrogen and oxygen atoms in total. The fourth-order valence-corrected chi connectivity index (χ4v) is 1.92. The second-order valence-corrected chi connectivity index (χ2v) is 10.3. The van der Waals surface area contributed by atoms with Gasteiger partial charge in [-0.15, -0.1) is 0 Å². The molecule has 0 aromatic rings. The van der Waals surface area contributed by atoms with Gasteiger partial charge in [0.25, 0.3) is 0 Å². The van der Waals surface area contributed by atoms with Crippen molar-refractivity contribution in [2.45, 2.75) is 45.8 Å². The number of esters is 1. The highest BCUT2D eigenvalue weighted by atomic mass is 28.4. The van der Waals surface area contributed by atoms with E-state index >= 15 is 0 Å². The van der Waals surface area contributed by atoms with Crippen LogP contribution in [0.5, 0.6) is 0 Å². The van der Waals surface area contributed by atoms with Crippen LogP contribution in [-0.2, 0) is 14.0 Å². The van der Waals surface area contributed by atoms with E-state index in [1.807, 2.05) is 6.92 Å². The number of hydrogen-bond donors (Lipinski definition) is 0. The Balaban J connectivity index is 4.22. The molecule has 0 heterocycles. The summed E-state index contributed by atoms with van der Waals surface area (Å²) in [7, 11) is -0.326. The zero-order valence-electron chi connectivity index (χ0n) is 11.0. The Morgan fingerprint density at radius 2 is 1.80 bits per heavy atom. The topological polar surface area (TPSA) is 35.5 Å². The van der Waals surface area contributed by atoms with Gasteiger partial charge in [-0.2, -0.15) is 0 Å². The predicted molar refractivity (Wildman–Crippen MR) is 64.3 cm³/mol. The van der Waals surface area contributed by atoms with E-state index in [0.29, 0.717) is 6.61 Å². The second kappa shape index (κ2) is 5.12. The van der Waals surface area contributed by atoms with Crippen molar-refractivity contribution in [2.75, 3.05) is 13.7 Å². The van der Waals surface area contributed by atoms with E-state index in [1.165, 1.54) is 7.11 Å². The van der Waals surface area contributed by atoms with Crippen LogP contribution in [0.25, 0.3) is 0 Å². The van der Waals surface area contributed by atoms with Crippen molar-refractivity contribution in [1.82, 2.24) is 0 Å². The number of hydrogen-bond acceptors (Lipinski definition) is 3. The largest absolute Gasteiger partial charge is 0.469 e. The fourth-order valence-electron chi connectivity index (χ4n) is 0.819. The van der Waals surface area contributed by atoms with Gasteiger partial charge < -0.3 is 9.16 Å². The lowest BCUT2D eigenvalue weighted by Gasteiger charge is -2.36. The summed E-state index contributed by atoms with van der Waals surface area (Å²) >= 11 is 0. The Kier molecular flexibility index (Phi) is 5.00. The first-order valence-corrected chi connectivity index (χ1v) is 8.24. The average Bonchev–Trinajstić information content (AvgIpc) is 2.11. The van der Waals surface area contributed by atoms with Gasteiger partial charge in [0.1, 0.15) is 0 Å². The summed E-state index contributed by atoms with van der Waals surface area (Å²) in [5.41, 5.74) is 0. The average molecular weight is 232 g/mol. The zero-order chi connectivity index (χ0) is 12.3. The van der Waals surface area contributed by atoms with Crippen molar-refractivity contribution < 1.29 is 14.0 Å². The van der Waals surface area contributed by atoms with Crippen molar-refractivity contribution in [3.63, 3.8) is 0 Å². The Morgan fingerprint density at radius 1 is 1.33 bits per heavy atom. The normalized spacial score (nSPS) is 14.9. The summed E-state index contributed by atoms with van der Waals surface area (Å²) in [5.74, 6) is -0.377. The molecule has 0 saturated heterocycles. The molecule has 15 heavy (non-hydrogen) atoms. The highest BCUT2D eigenvalue weighted by Crippen LogP contribution is 2.36. The lowest BCUT2D eigenvalue weighted by atomic mass is 10.2. The quantitative estimate of drug-likeness (QED) is 0.552. The summed E-state index contributed by atoms with van der Waals surface area (Å²) in [6.45, 7) is 13.2. The first-order valence-electron chi connectivity index (χ1n) is 5.33. The number of rotatable bonds is 4. The molecular weight excluding hydrogens is 208 g/mol. The highest BCUT2D eigenvalue weighted by Gasteiger charge is 2.37. The number of carbonyl (C=O) groups is 1. The molecule has 0 rings (SSSR count). The summed E-state index contributed by atoms with van der Waals surface area (Å²) in [4.78, 5) is 11.2. The maximum absolute atomic E-state index is 11.2. The number of methoxy groups -OCH3 is 1. The van der Waals surface area contributed by atoms with Crippen LogP contribution in [-0.4, -0.2) is 28.0 Å². The van der Waals surface area contributed by atoms with E-state index in [4.69, 9.17) is 4.43 Å². The molecular formula is C11H24O3Si. The molecule has 0 saturated carbocycles. The first kappa shape index (κ1) is 14.6. The molecule has 4 heteroatoms. The molecule has 0 aliphatic rings. The minimum atomic E-state index is -1.73. The zero-order valence-corrected chi connectivity index (χ0v) is 12.0. The summed E-state index contributed by atoms with van der Waals surface area (Å²) in [6, 6.07) is 0. The Morgan fingerprint density at radius 3 is 2.13 bits per heavy atom. The molecule has 0 N–H and O–H groups in total. The minimum absolute atomic E-state index is 0.177. The third kappa shape index (κ3) is 4.34. The van der Waals surface area contributed by atoms with Gasteiger partial charge in [-0.3, -0.25) is 4.79 Å². The molecule has 0 bridgehead atoms. The van der Waals surface area contributed by atoms with Gasteiger partial charge in [-0.25, -0.2) is 0 Å². The van der Waals surface area contributed by atoms with Crippen molar-refractivity contribution in [1.29, 1.82) is 0 Å². The smallest absolute Gasteiger partial charge is 0.310 e. The molecule has 0 aromatic carbocycles. The van der Waals surface area contributed by atoms with Crippen LogP contribution in [0.3, 0.4) is 0 Å². The van der Waals surface area contributed by atoms with Crippen LogP contribution in [0, 0.1) is 5.92 Å².